The van der Waals surface area contributed by atoms with Crippen LogP contribution in [0.3, 0.4) is 0 Å². The van der Waals surface area contributed by atoms with Crippen molar-refractivity contribution in [3.8, 4) is 0 Å². The molecule has 2 aliphatic rings. The Hall–Kier alpha value is -0.650. The van der Waals surface area contributed by atoms with Gasteiger partial charge in [0.2, 0.25) is 5.91 Å². The fourth-order valence-corrected chi connectivity index (χ4v) is 4.01. The van der Waals surface area contributed by atoms with Gasteiger partial charge < -0.3 is 10.1 Å². The van der Waals surface area contributed by atoms with Crippen molar-refractivity contribution in [2.45, 2.75) is 77.4 Å². The van der Waals surface area contributed by atoms with Crippen LogP contribution < -0.4 is 5.32 Å². The Morgan fingerprint density at radius 3 is 2.62 bits per heavy atom. The van der Waals surface area contributed by atoms with Gasteiger partial charge in [0.25, 0.3) is 0 Å². The molecule has 0 aromatic heterocycles. The quantitative estimate of drug-likeness (QED) is 0.689. The van der Waals surface area contributed by atoms with Gasteiger partial charge in [-0.05, 0) is 33.1 Å². The van der Waals surface area contributed by atoms with Crippen LogP contribution in [0.4, 0.5) is 0 Å². The minimum atomic E-state index is -0.0185. The third-order valence-electron chi connectivity index (χ3n) is 5.71. The SMILES string of the molecule is CCOCCN1CCN([C@@H](C)C(=O)NC2CCCCC2)C[C@H]1CC. The van der Waals surface area contributed by atoms with E-state index in [2.05, 4.69) is 29.0 Å². The lowest BCUT2D eigenvalue weighted by Crippen LogP contribution is -2.59. The Kier molecular flexibility index (Phi) is 8.50. The van der Waals surface area contributed by atoms with Gasteiger partial charge in [-0.25, -0.2) is 0 Å². The number of ether oxygens (including phenoxy) is 1. The van der Waals surface area contributed by atoms with Crippen LogP contribution in [-0.2, 0) is 9.53 Å². The molecule has 140 valence electrons. The normalized spacial score (nSPS) is 25.5. The standard InChI is InChI=1S/C19H37N3O2/c1-4-18-15-22(12-11-21(18)13-14-24-5-2)16(3)19(23)20-17-9-7-6-8-10-17/h16-18H,4-15H2,1-3H3,(H,20,23)/t16-,18+/m0/s1. The van der Waals surface area contributed by atoms with Crippen molar-refractivity contribution in [2.24, 2.45) is 0 Å². The van der Waals surface area contributed by atoms with Gasteiger partial charge in [-0.1, -0.05) is 26.2 Å². The summed E-state index contributed by atoms with van der Waals surface area (Å²) in [6.45, 7) is 12.0. The Labute approximate surface area is 148 Å². The van der Waals surface area contributed by atoms with Crippen molar-refractivity contribution in [3.05, 3.63) is 0 Å². The van der Waals surface area contributed by atoms with Crippen LogP contribution in [0.25, 0.3) is 0 Å². The lowest BCUT2D eigenvalue weighted by atomic mass is 9.95. The molecular weight excluding hydrogens is 302 g/mol. The molecule has 1 aliphatic heterocycles. The van der Waals surface area contributed by atoms with Crippen molar-refractivity contribution >= 4 is 5.91 Å². The number of nitrogens with one attached hydrogen (secondary N) is 1. The van der Waals surface area contributed by atoms with Crippen LogP contribution in [0, 0.1) is 0 Å². The van der Waals surface area contributed by atoms with E-state index in [1.807, 2.05) is 6.92 Å². The van der Waals surface area contributed by atoms with E-state index in [1.54, 1.807) is 0 Å². The maximum absolute atomic E-state index is 12.6. The van der Waals surface area contributed by atoms with Gasteiger partial charge in [0.05, 0.1) is 12.6 Å². The van der Waals surface area contributed by atoms with Crippen molar-refractivity contribution in [1.29, 1.82) is 0 Å². The molecule has 0 aromatic carbocycles. The number of carbonyl (C=O) groups excluding carboxylic acids is 1. The number of amides is 1. The monoisotopic (exact) mass is 339 g/mol. The van der Waals surface area contributed by atoms with Crippen molar-refractivity contribution in [1.82, 2.24) is 15.1 Å². The van der Waals surface area contributed by atoms with E-state index in [4.69, 9.17) is 4.74 Å². The molecule has 1 saturated carbocycles. The maximum Gasteiger partial charge on any atom is 0.237 e. The molecule has 5 heteroatoms. The van der Waals surface area contributed by atoms with Gasteiger partial charge in [0.15, 0.2) is 0 Å². The highest BCUT2D eigenvalue weighted by Crippen LogP contribution is 2.19. The Bertz CT molecular complexity index is 372. The van der Waals surface area contributed by atoms with Gasteiger partial charge in [0, 0.05) is 44.9 Å². The average molecular weight is 340 g/mol. The second-order valence-corrected chi connectivity index (χ2v) is 7.31. The maximum atomic E-state index is 12.6. The highest BCUT2D eigenvalue weighted by Gasteiger charge is 2.31. The van der Waals surface area contributed by atoms with Gasteiger partial charge in [-0.15, -0.1) is 0 Å². The largest absolute Gasteiger partial charge is 0.380 e. The Morgan fingerprint density at radius 2 is 1.96 bits per heavy atom. The van der Waals surface area contributed by atoms with Gasteiger partial charge >= 0.3 is 0 Å². The average Bonchev–Trinajstić information content (AvgIpc) is 2.62. The summed E-state index contributed by atoms with van der Waals surface area (Å²) in [6.07, 6.45) is 7.28. The molecule has 0 bridgehead atoms. The van der Waals surface area contributed by atoms with Crippen molar-refractivity contribution in [2.75, 3.05) is 39.4 Å². The summed E-state index contributed by atoms with van der Waals surface area (Å²) in [6, 6.07) is 0.919. The molecule has 0 aromatic rings. The lowest BCUT2D eigenvalue weighted by molar-refractivity contribution is -0.128. The predicted molar refractivity (Wildman–Crippen MR) is 98.2 cm³/mol. The number of hydrogen-bond acceptors (Lipinski definition) is 4. The van der Waals surface area contributed by atoms with Crippen molar-refractivity contribution in [3.63, 3.8) is 0 Å². The highest BCUT2D eigenvalue weighted by molar-refractivity contribution is 5.81. The van der Waals surface area contributed by atoms with Crippen LogP contribution in [0.15, 0.2) is 0 Å². The molecule has 2 atom stereocenters. The Morgan fingerprint density at radius 1 is 1.21 bits per heavy atom. The molecule has 0 radical (unpaired) electrons. The van der Waals surface area contributed by atoms with Crippen LogP contribution >= 0.6 is 0 Å². The molecule has 1 aliphatic carbocycles. The number of piperazine rings is 1. The Balaban J connectivity index is 1.79. The molecule has 0 unspecified atom stereocenters. The summed E-state index contributed by atoms with van der Waals surface area (Å²) < 4.78 is 5.51. The van der Waals surface area contributed by atoms with E-state index in [0.29, 0.717) is 12.1 Å². The van der Waals surface area contributed by atoms with Crippen LogP contribution in [-0.4, -0.2) is 73.2 Å². The zero-order valence-corrected chi connectivity index (χ0v) is 15.9. The zero-order valence-electron chi connectivity index (χ0n) is 15.9. The first-order valence-electron chi connectivity index (χ1n) is 10.0. The summed E-state index contributed by atoms with van der Waals surface area (Å²) >= 11 is 0. The number of hydrogen-bond donors (Lipinski definition) is 1. The van der Waals surface area contributed by atoms with E-state index >= 15 is 0 Å². The van der Waals surface area contributed by atoms with E-state index in [0.717, 1.165) is 58.7 Å². The fraction of sp³-hybridized carbons (Fsp3) is 0.947. The smallest absolute Gasteiger partial charge is 0.237 e. The van der Waals surface area contributed by atoms with Gasteiger partial charge in [0.1, 0.15) is 0 Å². The molecule has 2 rings (SSSR count). The van der Waals surface area contributed by atoms with Crippen LogP contribution in [0.5, 0.6) is 0 Å². The molecule has 2 fully saturated rings. The number of carbonyl (C=O) groups is 1. The summed E-state index contributed by atoms with van der Waals surface area (Å²) in [5, 5.41) is 3.29. The van der Waals surface area contributed by atoms with E-state index in [-0.39, 0.29) is 11.9 Å². The molecule has 5 nitrogen and oxygen atoms in total. The van der Waals surface area contributed by atoms with Crippen LogP contribution in [0.2, 0.25) is 0 Å². The third-order valence-corrected chi connectivity index (χ3v) is 5.71. The number of nitrogens with zero attached hydrogens (tertiary/aromatic N) is 2. The van der Waals surface area contributed by atoms with E-state index in [9.17, 15) is 4.79 Å². The highest BCUT2D eigenvalue weighted by atomic mass is 16.5. The molecule has 24 heavy (non-hydrogen) atoms. The molecule has 1 saturated heterocycles. The lowest BCUT2D eigenvalue weighted by Gasteiger charge is -2.43. The van der Waals surface area contributed by atoms with Crippen LogP contribution in [0.1, 0.15) is 59.3 Å². The van der Waals surface area contributed by atoms with Gasteiger partial charge in [-0.2, -0.15) is 0 Å². The first kappa shape index (κ1) is 19.7. The first-order chi connectivity index (χ1) is 11.7. The van der Waals surface area contributed by atoms with Gasteiger partial charge in [-0.3, -0.25) is 14.6 Å². The predicted octanol–water partition coefficient (Wildman–Crippen LogP) is 2.26. The summed E-state index contributed by atoms with van der Waals surface area (Å²) in [5.41, 5.74) is 0. The molecular formula is C19H37N3O2. The first-order valence-corrected chi connectivity index (χ1v) is 10.0. The van der Waals surface area contributed by atoms with E-state index < -0.39 is 0 Å². The minimum absolute atomic E-state index is 0.0185. The summed E-state index contributed by atoms with van der Waals surface area (Å²) in [7, 11) is 0. The topological polar surface area (TPSA) is 44.8 Å². The second-order valence-electron chi connectivity index (χ2n) is 7.31. The molecule has 0 spiro atoms. The second kappa shape index (κ2) is 10.4. The van der Waals surface area contributed by atoms with Crippen molar-refractivity contribution < 1.29 is 9.53 Å². The summed E-state index contributed by atoms with van der Waals surface area (Å²) in [5.74, 6) is 0.222. The zero-order chi connectivity index (χ0) is 17.4. The minimum Gasteiger partial charge on any atom is -0.380 e. The molecule has 1 heterocycles. The molecule has 1 N–H and O–H groups in total. The number of rotatable bonds is 8. The van der Waals surface area contributed by atoms with E-state index in [1.165, 1.54) is 19.3 Å². The summed E-state index contributed by atoms with van der Waals surface area (Å²) in [4.78, 5) is 17.5. The molecule has 1 amide bonds. The third kappa shape index (κ3) is 5.71. The fourth-order valence-electron chi connectivity index (χ4n) is 4.01.